The van der Waals surface area contributed by atoms with E-state index >= 15 is 0 Å². The fourth-order valence-corrected chi connectivity index (χ4v) is 2.01. The zero-order chi connectivity index (χ0) is 15.1. The molecule has 0 aliphatic heterocycles. The Labute approximate surface area is 115 Å². The fourth-order valence-electron chi connectivity index (χ4n) is 2.01. The average Bonchev–Trinajstić information content (AvgIpc) is 2.86. The van der Waals surface area contributed by atoms with Crippen molar-refractivity contribution in [2.75, 3.05) is 0 Å². The van der Waals surface area contributed by atoms with Crippen LogP contribution in [-0.4, -0.2) is 26.1 Å². The normalized spacial score (nSPS) is 11.0. The summed E-state index contributed by atoms with van der Waals surface area (Å²) >= 11 is 0. The average molecular weight is 293 g/mol. The SMILES string of the molecule is O=C(O)c1cccc2nnn(-c3cc(F)cc(F)c3F)c12. The van der Waals surface area contributed by atoms with Crippen LogP contribution in [-0.2, 0) is 0 Å². The highest BCUT2D eigenvalue weighted by molar-refractivity contribution is 6.01. The lowest BCUT2D eigenvalue weighted by Gasteiger charge is -2.06. The lowest BCUT2D eigenvalue weighted by molar-refractivity contribution is 0.0698. The Morgan fingerprint density at radius 2 is 1.95 bits per heavy atom. The molecule has 0 radical (unpaired) electrons. The van der Waals surface area contributed by atoms with E-state index in [2.05, 4.69) is 10.3 Å². The van der Waals surface area contributed by atoms with E-state index in [4.69, 9.17) is 5.11 Å². The molecule has 8 heteroatoms. The Hall–Kier alpha value is -2.90. The van der Waals surface area contributed by atoms with Crippen LogP contribution >= 0.6 is 0 Å². The van der Waals surface area contributed by atoms with E-state index in [1.54, 1.807) is 0 Å². The zero-order valence-electron chi connectivity index (χ0n) is 10.2. The standard InChI is InChI=1S/C13H6F3N3O2/c14-6-4-8(15)11(16)10(5-6)19-12-7(13(20)21)2-1-3-9(12)17-18-19/h1-5H,(H,20,21). The first-order valence-electron chi connectivity index (χ1n) is 5.71. The van der Waals surface area contributed by atoms with Crippen LogP contribution in [0.2, 0.25) is 0 Å². The summed E-state index contributed by atoms with van der Waals surface area (Å²) in [6.07, 6.45) is 0. The largest absolute Gasteiger partial charge is 0.478 e. The van der Waals surface area contributed by atoms with Gasteiger partial charge >= 0.3 is 5.97 Å². The third-order valence-electron chi connectivity index (χ3n) is 2.90. The highest BCUT2D eigenvalue weighted by Crippen LogP contribution is 2.24. The Morgan fingerprint density at radius 1 is 1.19 bits per heavy atom. The summed E-state index contributed by atoms with van der Waals surface area (Å²) < 4.78 is 41.2. The molecule has 0 aliphatic rings. The van der Waals surface area contributed by atoms with Crippen LogP contribution in [0, 0.1) is 17.5 Å². The summed E-state index contributed by atoms with van der Waals surface area (Å²) in [6.45, 7) is 0. The number of nitrogens with zero attached hydrogens (tertiary/aromatic N) is 3. The number of fused-ring (bicyclic) bond motifs is 1. The third-order valence-corrected chi connectivity index (χ3v) is 2.90. The summed E-state index contributed by atoms with van der Waals surface area (Å²) in [5, 5.41) is 16.4. The number of hydrogen-bond acceptors (Lipinski definition) is 3. The second kappa shape index (κ2) is 4.58. The van der Waals surface area contributed by atoms with Crippen LogP contribution in [0.25, 0.3) is 16.7 Å². The van der Waals surface area contributed by atoms with Gasteiger partial charge in [-0.2, -0.15) is 0 Å². The van der Waals surface area contributed by atoms with Gasteiger partial charge < -0.3 is 5.11 Å². The lowest BCUT2D eigenvalue weighted by atomic mass is 10.1. The van der Waals surface area contributed by atoms with Gasteiger partial charge in [-0.3, -0.25) is 0 Å². The summed E-state index contributed by atoms with van der Waals surface area (Å²) in [6, 6.07) is 5.26. The Balaban J connectivity index is 2.39. The van der Waals surface area contributed by atoms with E-state index < -0.39 is 29.1 Å². The lowest BCUT2D eigenvalue weighted by Crippen LogP contribution is -2.06. The zero-order valence-corrected chi connectivity index (χ0v) is 10.2. The van der Waals surface area contributed by atoms with E-state index in [0.717, 1.165) is 4.68 Å². The van der Waals surface area contributed by atoms with Gasteiger partial charge in [-0.15, -0.1) is 5.10 Å². The van der Waals surface area contributed by atoms with Gasteiger partial charge in [0.15, 0.2) is 11.6 Å². The molecule has 2 aromatic carbocycles. The van der Waals surface area contributed by atoms with Crippen LogP contribution in [0.15, 0.2) is 30.3 Å². The molecule has 1 N–H and O–H groups in total. The fraction of sp³-hybridized carbons (Fsp3) is 0. The second-order valence-corrected chi connectivity index (χ2v) is 4.20. The van der Waals surface area contributed by atoms with Gasteiger partial charge in [-0.05, 0) is 12.1 Å². The molecule has 0 amide bonds. The maximum atomic E-state index is 13.8. The first-order chi connectivity index (χ1) is 9.99. The smallest absolute Gasteiger partial charge is 0.337 e. The minimum atomic E-state index is -1.40. The van der Waals surface area contributed by atoms with Crippen molar-refractivity contribution in [3.8, 4) is 5.69 Å². The molecule has 5 nitrogen and oxygen atoms in total. The van der Waals surface area contributed by atoms with Gasteiger partial charge in [0.05, 0.1) is 5.56 Å². The number of aromatic nitrogens is 3. The molecule has 1 aromatic heterocycles. The van der Waals surface area contributed by atoms with E-state index in [1.807, 2.05) is 0 Å². The molecule has 106 valence electrons. The van der Waals surface area contributed by atoms with E-state index in [1.165, 1.54) is 18.2 Å². The van der Waals surface area contributed by atoms with E-state index in [9.17, 15) is 18.0 Å². The first kappa shape index (κ1) is 13.1. The van der Waals surface area contributed by atoms with Crippen molar-refractivity contribution in [3.05, 3.63) is 53.3 Å². The van der Waals surface area contributed by atoms with Gasteiger partial charge in [0.2, 0.25) is 0 Å². The minimum Gasteiger partial charge on any atom is -0.478 e. The molecule has 0 saturated heterocycles. The predicted molar refractivity (Wildman–Crippen MR) is 65.7 cm³/mol. The van der Waals surface area contributed by atoms with Gasteiger partial charge in [0, 0.05) is 12.1 Å². The molecular formula is C13H6F3N3O2. The molecule has 1 heterocycles. The van der Waals surface area contributed by atoms with E-state index in [0.29, 0.717) is 12.1 Å². The molecule has 0 aliphatic carbocycles. The minimum absolute atomic E-state index is 0.0473. The van der Waals surface area contributed by atoms with Crippen LogP contribution in [0.4, 0.5) is 13.2 Å². The maximum Gasteiger partial charge on any atom is 0.337 e. The summed E-state index contributed by atoms with van der Waals surface area (Å²) in [5.74, 6) is -5.05. The molecular weight excluding hydrogens is 287 g/mol. The Morgan fingerprint density at radius 3 is 2.67 bits per heavy atom. The topological polar surface area (TPSA) is 68.0 Å². The molecule has 0 unspecified atom stereocenters. The van der Waals surface area contributed by atoms with Crippen molar-refractivity contribution < 1.29 is 23.1 Å². The van der Waals surface area contributed by atoms with Gasteiger partial charge in [-0.1, -0.05) is 11.3 Å². The van der Waals surface area contributed by atoms with Gasteiger partial charge in [0.25, 0.3) is 0 Å². The van der Waals surface area contributed by atoms with E-state index in [-0.39, 0.29) is 16.6 Å². The summed E-state index contributed by atoms with van der Waals surface area (Å²) in [4.78, 5) is 11.2. The number of aromatic carboxylic acids is 1. The van der Waals surface area contributed by atoms with Crippen molar-refractivity contribution in [2.45, 2.75) is 0 Å². The molecule has 0 fully saturated rings. The second-order valence-electron chi connectivity index (χ2n) is 4.20. The quantitative estimate of drug-likeness (QED) is 0.737. The summed E-state index contributed by atoms with van der Waals surface area (Å²) in [7, 11) is 0. The first-order valence-corrected chi connectivity index (χ1v) is 5.71. The highest BCUT2D eigenvalue weighted by Gasteiger charge is 2.20. The Kier molecular flexibility index (Phi) is 2.86. The number of benzene rings is 2. The predicted octanol–water partition coefficient (Wildman–Crippen LogP) is 2.54. The molecule has 21 heavy (non-hydrogen) atoms. The van der Waals surface area contributed by atoms with Crippen molar-refractivity contribution >= 4 is 17.0 Å². The summed E-state index contributed by atoms with van der Waals surface area (Å²) in [5.41, 5.74) is -0.641. The van der Waals surface area contributed by atoms with Crippen molar-refractivity contribution in [2.24, 2.45) is 0 Å². The number of para-hydroxylation sites is 1. The van der Waals surface area contributed by atoms with Crippen molar-refractivity contribution in [1.29, 1.82) is 0 Å². The van der Waals surface area contributed by atoms with Crippen molar-refractivity contribution in [1.82, 2.24) is 15.0 Å². The number of carbonyl (C=O) groups is 1. The number of carboxylic acid groups (broad SMARTS) is 1. The van der Waals surface area contributed by atoms with Crippen LogP contribution in [0.5, 0.6) is 0 Å². The number of carboxylic acids is 1. The van der Waals surface area contributed by atoms with Crippen LogP contribution in [0.1, 0.15) is 10.4 Å². The molecule has 0 atom stereocenters. The van der Waals surface area contributed by atoms with Gasteiger partial charge in [0.1, 0.15) is 22.5 Å². The maximum absolute atomic E-state index is 13.8. The molecule has 0 spiro atoms. The number of halogens is 3. The molecule has 0 bridgehead atoms. The third kappa shape index (κ3) is 2.00. The highest BCUT2D eigenvalue weighted by atomic mass is 19.2. The van der Waals surface area contributed by atoms with Crippen LogP contribution in [0.3, 0.4) is 0 Å². The molecule has 3 aromatic rings. The molecule has 0 saturated carbocycles. The number of rotatable bonds is 2. The van der Waals surface area contributed by atoms with Crippen molar-refractivity contribution in [3.63, 3.8) is 0 Å². The van der Waals surface area contributed by atoms with Crippen LogP contribution < -0.4 is 0 Å². The van der Waals surface area contributed by atoms with Gasteiger partial charge in [-0.25, -0.2) is 22.6 Å². The number of hydrogen-bond donors (Lipinski definition) is 1. The molecule has 3 rings (SSSR count). The monoisotopic (exact) mass is 293 g/mol. The Bertz CT molecular complexity index is 876.